The van der Waals surface area contributed by atoms with Crippen molar-refractivity contribution >= 4 is 5.91 Å². The Bertz CT molecular complexity index is 723. The number of ether oxygens (including phenoxy) is 1. The second-order valence-corrected chi connectivity index (χ2v) is 6.78. The van der Waals surface area contributed by atoms with Gasteiger partial charge in [-0.05, 0) is 43.9 Å². The largest absolute Gasteiger partial charge is 0.492 e. The van der Waals surface area contributed by atoms with Gasteiger partial charge in [-0.3, -0.25) is 9.48 Å². The zero-order valence-electron chi connectivity index (χ0n) is 14.6. The number of carbonyl (C=O) groups is 1. The van der Waals surface area contributed by atoms with Crippen molar-refractivity contribution in [2.24, 2.45) is 11.8 Å². The average molecular weight is 327 g/mol. The molecule has 0 saturated carbocycles. The third-order valence-electron chi connectivity index (χ3n) is 4.46. The summed E-state index contributed by atoms with van der Waals surface area (Å²) in [6, 6.07) is 10.0. The fourth-order valence-corrected chi connectivity index (χ4v) is 3.14. The van der Waals surface area contributed by atoms with Gasteiger partial charge in [0.25, 0.3) is 0 Å². The third-order valence-corrected chi connectivity index (χ3v) is 4.46. The van der Waals surface area contributed by atoms with E-state index in [-0.39, 0.29) is 11.8 Å². The molecule has 0 radical (unpaired) electrons. The van der Waals surface area contributed by atoms with Crippen LogP contribution in [0.4, 0.5) is 0 Å². The number of nitrogens with one attached hydrogen (secondary N) is 1. The number of benzene rings is 1. The predicted octanol–water partition coefficient (Wildman–Crippen LogP) is 2.50. The molecule has 1 aliphatic rings. The van der Waals surface area contributed by atoms with Crippen molar-refractivity contribution in [3.63, 3.8) is 0 Å². The van der Waals surface area contributed by atoms with Gasteiger partial charge >= 0.3 is 0 Å². The number of amides is 1. The minimum absolute atomic E-state index is 0.0738. The maximum Gasteiger partial charge on any atom is 0.226 e. The van der Waals surface area contributed by atoms with Gasteiger partial charge < -0.3 is 10.1 Å². The van der Waals surface area contributed by atoms with Crippen LogP contribution in [0.5, 0.6) is 5.75 Å². The van der Waals surface area contributed by atoms with Crippen molar-refractivity contribution in [3.05, 3.63) is 47.3 Å². The summed E-state index contributed by atoms with van der Waals surface area (Å²) in [5, 5.41) is 7.55. The summed E-state index contributed by atoms with van der Waals surface area (Å²) in [6.45, 7) is 8.09. The number of para-hydroxylation sites is 1. The summed E-state index contributed by atoms with van der Waals surface area (Å²) >= 11 is 0. The lowest BCUT2D eigenvalue weighted by Gasteiger charge is -2.25. The lowest BCUT2D eigenvalue weighted by molar-refractivity contribution is -0.126. The van der Waals surface area contributed by atoms with Crippen LogP contribution in [-0.2, 0) is 17.8 Å². The molecular weight excluding hydrogens is 302 g/mol. The van der Waals surface area contributed by atoms with Crippen LogP contribution in [0.1, 0.15) is 23.9 Å². The quantitative estimate of drug-likeness (QED) is 0.918. The molecule has 0 saturated heterocycles. The molecule has 1 N–H and O–H groups in total. The Balaban J connectivity index is 1.50. The highest BCUT2D eigenvalue weighted by molar-refractivity contribution is 5.79. The molecule has 1 aromatic carbocycles. The van der Waals surface area contributed by atoms with E-state index in [1.165, 1.54) is 0 Å². The molecule has 2 atom stereocenters. The molecule has 5 nitrogen and oxygen atoms in total. The number of nitrogens with zero attached hydrogens (tertiary/aromatic N) is 2. The van der Waals surface area contributed by atoms with E-state index in [4.69, 9.17) is 4.74 Å². The molecule has 2 aromatic rings. The van der Waals surface area contributed by atoms with Gasteiger partial charge in [0.1, 0.15) is 12.4 Å². The van der Waals surface area contributed by atoms with E-state index in [2.05, 4.69) is 30.3 Å². The van der Waals surface area contributed by atoms with E-state index in [1.54, 1.807) is 0 Å². The summed E-state index contributed by atoms with van der Waals surface area (Å²) in [6.07, 6.45) is 0.744. The summed E-state index contributed by atoms with van der Waals surface area (Å²) < 4.78 is 7.71. The molecular formula is C19H25N3O2. The van der Waals surface area contributed by atoms with Crippen LogP contribution < -0.4 is 10.1 Å². The van der Waals surface area contributed by atoms with Gasteiger partial charge in [0, 0.05) is 18.8 Å². The summed E-state index contributed by atoms with van der Waals surface area (Å²) in [5.74, 6) is 1.19. The van der Waals surface area contributed by atoms with Crippen LogP contribution in [0.15, 0.2) is 30.3 Å². The Kier molecular flexibility index (Phi) is 4.88. The fourth-order valence-electron chi connectivity index (χ4n) is 3.14. The standard InChI is InChI=1S/C19H25N3O2/c1-13(11-22-15(3)8-14(2)21-22)10-20-19(23)17-9-16-6-4-5-7-18(16)24-12-17/h4-8,13,17H,9-12H2,1-3H3,(H,20,23)/t13-,17+/m0/s1. The first kappa shape index (κ1) is 16.6. The van der Waals surface area contributed by atoms with Gasteiger partial charge in [0.05, 0.1) is 11.6 Å². The summed E-state index contributed by atoms with van der Waals surface area (Å²) in [5.41, 5.74) is 3.30. The van der Waals surface area contributed by atoms with Crippen molar-refractivity contribution in [3.8, 4) is 5.75 Å². The molecule has 0 spiro atoms. The van der Waals surface area contributed by atoms with Crippen molar-refractivity contribution in [1.29, 1.82) is 0 Å². The van der Waals surface area contributed by atoms with Crippen LogP contribution in [0, 0.1) is 25.7 Å². The lowest BCUT2D eigenvalue weighted by atomic mass is 9.96. The normalized spacial score (nSPS) is 17.7. The zero-order valence-corrected chi connectivity index (χ0v) is 14.6. The average Bonchev–Trinajstić information content (AvgIpc) is 2.89. The highest BCUT2D eigenvalue weighted by atomic mass is 16.5. The minimum Gasteiger partial charge on any atom is -0.492 e. The number of aryl methyl sites for hydroxylation is 2. The molecule has 5 heteroatoms. The zero-order chi connectivity index (χ0) is 17.1. The molecule has 1 amide bonds. The number of fused-ring (bicyclic) bond motifs is 1. The van der Waals surface area contributed by atoms with Crippen LogP contribution >= 0.6 is 0 Å². The van der Waals surface area contributed by atoms with E-state index < -0.39 is 0 Å². The second kappa shape index (κ2) is 7.07. The number of hydrogen-bond acceptors (Lipinski definition) is 3. The van der Waals surface area contributed by atoms with Crippen molar-refractivity contribution < 1.29 is 9.53 Å². The predicted molar refractivity (Wildman–Crippen MR) is 93.0 cm³/mol. The highest BCUT2D eigenvalue weighted by Gasteiger charge is 2.25. The Hall–Kier alpha value is -2.30. The second-order valence-electron chi connectivity index (χ2n) is 6.78. The summed E-state index contributed by atoms with van der Waals surface area (Å²) in [7, 11) is 0. The highest BCUT2D eigenvalue weighted by Crippen LogP contribution is 2.26. The SMILES string of the molecule is Cc1cc(C)n(C[C@@H](C)CNC(=O)[C@H]2COc3ccccc3C2)n1. The molecule has 1 aromatic heterocycles. The van der Waals surface area contributed by atoms with E-state index in [0.29, 0.717) is 19.1 Å². The van der Waals surface area contributed by atoms with E-state index in [9.17, 15) is 4.79 Å². The first-order chi connectivity index (χ1) is 11.5. The van der Waals surface area contributed by atoms with Gasteiger partial charge in [-0.15, -0.1) is 0 Å². The Morgan fingerprint density at radius 3 is 2.96 bits per heavy atom. The topological polar surface area (TPSA) is 56.2 Å². The van der Waals surface area contributed by atoms with Gasteiger partial charge in [-0.1, -0.05) is 25.1 Å². The molecule has 2 heterocycles. The minimum atomic E-state index is -0.110. The van der Waals surface area contributed by atoms with Crippen LogP contribution in [0.3, 0.4) is 0 Å². The van der Waals surface area contributed by atoms with E-state index in [1.807, 2.05) is 35.9 Å². The van der Waals surface area contributed by atoms with E-state index >= 15 is 0 Å². The van der Waals surface area contributed by atoms with Crippen molar-refractivity contribution in [1.82, 2.24) is 15.1 Å². The van der Waals surface area contributed by atoms with Crippen molar-refractivity contribution in [2.45, 2.75) is 33.7 Å². The monoisotopic (exact) mass is 327 g/mol. The van der Waals surface area contributed by atoms with Crippen LogP contribution in [0.2, 0.25) is 0 Å². The maximum absolute atomic E-state index is 12.4. The van der Waals surface area contributed by atoms with Crippen molar-refractivity contribution in [2.75, 3.05) is 13.2 Å². The maximum atomic E-state index is 12.4. The number of aromatic nitrogens is 2. The third kappa shape index (κ3) is 3.78. The van der Waals surface area contributed by atoms with Crippen LogP contribution in [-0.4, -0.2) is 28.8 Å². The number of hydrogen-bond donors (Lipinski definition) is 1. The fraction of sp³-hybridized carbons (Fsp3) is 0.474. The van der Waals surface area contributed by atoms with Gasteiger partial charge in [-0.25, -0.2) is 0 Å². The molecule has 128 valence electrons. The molecule has 0 unspecified atom stereocenters. The molecule has 0 aliphatic carbocycles. The molecule has 24 heavy (non-hydrogen) atoms. The smallest absolute Gasteiger partial charge is 0.226 e. The Morgan fingerprint density at radius 1 is 1.42 bits per heavy atom. The number of carbonyl (C=O) groups excluding carboxylic acids is 1. The van der Waals surface area contributed by atoms with Gasteiger partial charge in [0.15, 0.2) is 0 Å². The lowest BCUT2D eigenvalue weighted by Crippen LogP contribution is -2.39. The molecule has 0 fully saturated rings. The molecule has 0 bridgehead atoms. The van der Waals surface area contributed by atoms with E-state index in [0.717, 1.165) is 35.7 Å². The van der Waals surface area contributed by atoms with Gasteiger partial charge in [-0.2, -0.15) is 5.10 Å². The van der Waals surface area contributed by atoms with Crippen LogP contribution in [0.25, 0.3) is 0 Å². The molecule has 1 aliphatic heterocycles. The molecule has 3 rings (SSSR count). The number of rotatable bonds is 5. The van der Waals surface area contributed by atoms with Gasteiger partial charge in [0.2, 0.25) is 5.91 Å². The Labute approximate surface area is 143 Å². The first-order valence-corrected chi connectivity index (χ1v) is 8.52. The summed E-state index contributed by atoms with van der Waals surface area (Å²) in [4.78, 5) is 12.4. The Morgan fingerprint density at radius 2 is 2.21 bits per heavy atom. The first-order valence-electron chi connectivity index (χ1n) is 8.52.